The minimum absolute atomic E-state index is 0.575. The number of rotatable bonds is 4. The van der Waals surface area contributed by atoms with Crippen LogP contribution in [0.1, 0.15) is 16.7 Å². The Morgan fingerprint density at radius 2 is 1.04 bits per heavy atom. The summed E-state index contributed by atoms with van der Waals surface area (Å²) in [6, 6.07) is 17.5. The summed E-state index contributed by atoms with van der Waals surface area (Å²) in [5.41, 5.74) is 8.57. The maximum atomic E-state index is 10.6. The smallest absolute Gasteiger partial charge is 0.211 e. The van der Waals surface area contributed by atoms with Gasteiger partial charge in [-0.3, -0.25) is 0 Å². The van der Waals surface area contributed by atoms with Gasteiger partial charge in [-0.05, 0) is 90.0 Å². The molecule has 0 aliphatic rings. The second kappa shape index (κ2) is 7.76. The number of hydrogen-bond acceptors (Lipinski definition) is 4. The first kappa shape index (κ1) is 18.2. The van der Waals surface area contributed by atoms with Gasteiger partial charge in [0.2, 0.25) is 12.2 Å². The molecule has 3 aromatic carbocycles. The van der Waals surface area contributed by atoms with Gasteiger partial charge in [0.25, 0.3) is 0 Å². The number of nitrogens with zero attached hydrogens (tertiary/aromatic N) is 2. The molecule has 132 valence electrons. The van der Waals surface area contributed by atoms with E-state index in [1.807, 2.05) is 45.0 Å². The highest BCUT2D eigenvalue weighted by Gasteiger charge is 2.10. The van der Waals surface area contributed by atoms with Crippen LogP contribution in [0.15, 0.2) is 64.6 Å². The van der Waals surface area contributed by atoms with Gasteiger partial charge in [0.05, 0.1) is 11.4 Å². The van der Waals surface area contributed by atoms with Crippen LogP contribution in [0.3, 0.4) is 0 Å². The van der Waals surface area contributed by atoms with Crippen molar-refractivity contribution < 1.29 is 9.59 Å². The Kier molecular flexibility index (Phi) is 5.23. The molecule has 0 spiro atoms. The van der Waals surface area contributed by atoms with Crippen molar-refractivity contribution in [3.63, 3.8) is 0 Å². The van der Waals surface area contributed by atoms with Crippen LogP contribution in [0.4, 0.5) is 11.4 Å². The van der Waals surface area contributed by atoms with E-state index in [2.05, 4.69) is 28.2 Å². The molecule has 0 heterocycles. The van der Waals surface area contributed by atoms with Gasteiger partial charge in [0.1, 0.15) is 0 Å². The Morgan fingerprint density at radius 1 is 0.593 bits per heavy atom. The molecule has 4 heteroatoms. The van der Waals surface area contributed by atoms with Crippen molar-refractivity contribution in [2.45, 2.75) is 20.8 Å². The van der Waals surface area contributed by atoms with Crippen molar-refractivity contribution in [3.05, 3.63) is 71.3 Å². The molecule has 0 saturated heterocycles. The number of aryl methyl sites for hydroxylation is 3. The first-order valence-electron chi connectivity index (χ1n) is 8.52. The average Bonchev–Trinajstić information content (AvgIpc) is 2.66. The quantitative estimate of drug-likeness (QED) is 0.434. The standard InChI is InChI=1S/C23H18N2O2/c1-15-5-8-19(24-13-26)11-21(15)18-7-4-16(2)22(10-18)23-12-20(25-14-27)9-6-17(23)3/h4-12H,1-3H3. The maximum Gasteiger partial charge on any atom is 0.240 e. The topological polar surface area (TPSA) is 58.9 Å². The lowest BCUT2D eigenvalue weighted by Gasteiger charge is -2.14. The summed E-state index contributed by atoms with van der Waals surface area (Å²) in [5.74, 6) is 0. The number of carbonyl (C=O) groups excluding carboxylic acids is 2. The number of aliphatic imine (C=N–C) groups is 2. The summed E-state index contributed by atoms with van der Waals surface area (Å²) < 4.78 is 0. The molecule has 0 saturated carbocycles. The molecule has 0 bridgehead atoms. The molecule has 3 rings (SSSR count). The summed E-state index contributed by atoms with van der Waals surface area (Å²) in [6.45, 7) is 6.10. The zero-order valence-corrected chi connectivity index (χ0v) is 15.4. The Balaban J connectivity index is 2.19. The Bertz CT molecular complexity index is 1120. The number of isocyanates is 2. The summed E-state index contributed by atoms with van der Waals surface area (Å²) >= 11 is 0. The van der Waals surface area contributed by atoms with Crippen molar-refractivity contribution >= 4 is 23.5 Å². The molecule has 0 radical (unpaired) electrons. The van der Waals surface area contributed by atoms with Crippen LogP contribution >= 0.6 is 0 Å². The van der Waals surface area contributed by atoms with Crippen molar-refractivity contribution in [1.82, 2.24) is 0 Å². The first-order chi connectivity index (χ1) is 13.0. The molecule has 0 N–H and O–H groups in total. The lowest BCUT2D eigenvalue weighted by Crippen LogP contribution is -1.90. The van der Waals surface area contributed by atoms with E-state index in [0.29, 0.717) is 11.4 Å². The monoisotopic (exact) mass is 354 g/mol. The van der Waals surface area contributed by atoms with E-state index in [4.69, 9.17) is 0 Å². The molecule has 0 atom stereocenters. The van der Waals surface area contributed by atoms with Crippen LogP contribution in [0.25, 0.3) is 22.3 Å². The predicted octanol–water partition coefficient (Wildman–Crippen LogP) is 5.88. The second-order valence-electron chi connectivity index (χ2n) is 6.43. The van der Waals surface area contributed by atoms with Crippen molar-refractivity contribution in [2.75, 3.05) is 0 Å². The second-order valence-corrected chi connectivity index (χ2v) is 6.43. The van der Waals surface area contributed by atoms with E-state index in [1.54, 1.807) is 24.3 Å². The van der Waals surface area contributed by atoms with Crippen LogP contribution in [-0.4, -0.2) is 12.2 Å². The lowest BCUT2D eigenvalue weighted by atomic mass is 9.91. The Morgan fingerprint density at radius 3 is 1.59 bits per heavy atom. The van der Waals surface area contributed by atoms with Gasteiger partial charge >= 0.3 is 0 Å². The summed E-state index contributed by atoms with van der Waals surface area (Å²) in [7, 11) is 0. The highest BCUT2D eigenvalue weighted by molar-refractivity contribution is 5.80. The summed E-state index contributed by atoms with van der Waals surface area (Å²) in [4.78, 5) is 28.7. The normalized spacial score (nSPS) is 10.0. The zero-order valence-electron chi connectivity index (χ0n) is 15.4. The van der Waals surface area contributed by atoms with Crippen LogP contribution < -0.4 is 0 Å². The van der Waals surface area contributed by atoms with E-state index in [1.165, 1.54) is 0 Å². The predicted molar refractivity (Wildman–Crippen MR) is 107 cm³/mol. The van der Waals surface area contributed by atoms with Gasteiger partial charge in [-0.25, -0.2) is 9.59 Å². The molecular weight excluding hydrogens is 336 g/mol. The van der Waals surface area contributed by atoms with Gasteiger partial charge in [0.15, 0.2) is 0 Å². The molecule has 0 aliphatic carbocycles. The number of hydrogen-bond donors (Lipinski definition) is 0. The fourth-order valence-electron chi connectivity index (χ4n) is 3.15. The van der Waals surface area contributed by atoms with Crippen molar-refractivity contribution in [3.8, 4) is 22.3 Å². The SMILES string of the molecule is Cc1ccc(N=C=O)cc1-c1ccc(C)c(-c2cc(N=C=O)ccc2C)c1. The highest BCUT2D eigenvalue weighted by atomic mass is 16.1. The third-order valence-corrected chi connectivity index (χ3v) is 4.63. The minimum atomic E-state index is 0.575. The van der Waals surface area contributed by atoms with Crippen molar-refractivity contribution in [2.24, 2.45) is 9.98 Å². The zero-order chi connectivity index (χ0) is 19.4. The van der Waals surface area contributed by atoms with E-state index in [-0.39, 0.29) is 0 Å². The van der Waals surface area contributed by atoms with Gasteiger partial charge < -0.3 is 0 Å². The molecule has 0 unspecified atom stereocenters. The largest absolute Gasteiger partial charge is 0.240 e. The highest BCUT2D eigenvalue weighted by Crippen LogP contribution is 2.35. The van der Waals surface area contributed by atoms with E-state index < -0.39 is 0 Å². The lowest BCUT2D eigenvalue weighted by molar-refractivity contribution is 0.564. The third-order valence-electron chi connectivity index (χ3n) is 4.63. The minimum Gasteiger partial charge on any atom is -0.211 e. The molecule has 0 aromatic heterocycles. The van der Waals surface area contributed by atoms with Crippen LogP contribution in [-0.2, 0) is 9.59 Å². The fourth-order valence-corrected chi connectivity index (χ4v) is 3.15. The summed E-state index contributed by atoms with van der Waals surface area (Å²) in [6.07, 6.45) is 3.18. The van der Waals surface area contributed by atoms with Crippen LogP contribution in [0.2, 0.25) is 0 Å². The Hall–Kier alpha value is -3.58. The average molecular weight is 354 g/mol. The summed E-state index contributed by atoms with van der Waals surface area (Å²) in [5, 5.41) is 0. The van der Waals surface area contributed by atoms with E-state index >= 15 is 0 Å². The molecule has 0 aliphatic heterocycles. The number of benzene rings is 3. The molecule has 0 fully saturated rings. The molecule has 3 aromatic rings. The fraction of sp³-hybridized carbons (Fsp3) is 0.130. The van der Waals surface area contributed by atoms with Gasteiger partial charge in [-0.15, -0.1) is 0 Å². The first-order valence-corrected chi connectivity index (χ1v) is 8.52. The molecule has 4 nitrogen and oxygen atoms in total. The van der Waals surface area contributed by atoms with Gasteiger partial charge in [-0.2, -0.15) is 9.98 Å². The molecule has 0 amide bonds. The van der Waals surface area contributed by atoms with Crippen LogP contribution in [0.5, 0.6) is 0 Å². The third kappa shape index (κ3) is 3.83. The molecule has 27 heavy (non-hydrogen) atoms. The van der Waals surface area contributed by atoms with Gasteiger partial charge in [0, 0.05) is 0 Å². The Labute approximate surface area is 157 Å². The molecular formula is C23H18N2O2. The van der Waals surface area contributed by atoms with E-state index in [0.717, 1.165) is 38.9 Å². The van der Waals surface area contributed by atoms with Crippen molar-refractivity contribution in [1.29, 1.82) is 0 Å². The van der Waals surface area contributed by atoms with Gasteiger partial charge in [-0.1, -0.05) is 24.3 Å². The maximum absolute atomic E-state index is 10.6. The van der Waals surface area contributed by atoms with Crippen LogP contribution in [0, 0.1) is 20.8 Å². The van der Waals surface area contributed by atoms with E-state index in [9.17, 15) is 9.59 Å².